The molecule has 0 fully saturated rings. The number of hydrogen-bond acceptors (Lipinski definition) is 3. The summed E-state index contributed by atoms with van der Waals surface area (Å²) >= 11 is 1.73. The summed E-state index contributed by atoms with van der Waals surface area (Å²) in [7, 11) is 0. The molecule has 2 aromatic carbocycles. The lowest BCUT2D eigenvalue weighted by molar-refractivity contribution is 0.513. The van der Waals surface area contributed by atoms with Gasteiger partial charge in [0.2, 0.25) is 0 Å². The second kappa shape index (κ2) is 6.39. The number of hydrogen-bond donors (Lipinski definition) is 0. The first kappa shape index (κ1) is 14.2. The Morgan fingerprint density at radius 1 is 0.870 bits per heavy atom. The van der Waals surface area contributed by atoms with Crippen molar-refractivity contribution in [1.29, 1.82) is 0 Å². The third-order valence-electron chi connectivity index (χ3n) is 3.91. The topological polar surface area (TPSA) is 16.4 Å². The SMILES string of the molecule is [CH]1SC=C(c2ccccc2-c2ccoc2)N1Cc1ccccc1. The standard InChI is InChI=1S/C20H16NOS/c1-2-6-16(7-3-1)12-21-15-23-14-20(21)19-9-5-4-8-18(19)17-10-11-22-13-17/h1-11,13-15H,12H2. The largest absolute Gasteiger partial charge is 0.472 e. The third-order valence-corrected chi connectivity index (χ3v) is 4.64. The molecule has 4 rings (SSSR count). The van der Waals surface area contributed by atoms with Crippen LogP contribution in [0.2, 0.25) is 0 Å². The van der Waals surface area contributed by atoms with Gasteiger partial charge in [0.25, 0.3) is 0 Å². The van der Waals surface area contributed by atoms with Gasteiger partial charge in [-0.2, -0.15) is 0 Å². The molecule has 0 aliphatic carbocycles. The fraction of sp³-hybridized carbons (Fsp3) is 0.0500. The van der Waals surface area contributed by atoms with Gasteiger partial charge in [0.15, 0.2) is 0 Å². The zero-order chi connectivity index (χ0) is 15.5. The first-order chi connectivity index (χ1) is 11.4. The molecular weight excluding hydrogens is 302 g/mol. The highest BCUT2D eigenvalue weighted by Crippen LogP contribution is 2.39. The predicted molar refractivity (Wildman–Crippen MR) is 96.0 cm³/mol. The van der Waals surface area contributed by atoms with Crippen molar-refractivity contribution >= 4 is 17.5 Å². The van der Waals surface area contributed by atoms with Crippen LogP contribution in [0.1, 0.15) is 11.1 Å². The van der Waals surface area contributed by atoms with E-state index in [1.807, 2.05) is 6.07 Å². The quantitative estimate of drug-likeness (QED) is 0.622. The first-order valence-corrected chi connectivity index (χ1v) is 8.47. The molecule has 1 aromatic heterocycles. The van der Waals surface area contributed by atoms with Crippen LogP contribution in [0.15, 0.2) is 83.0 Å². The van der Waals surface area contributed by atoms with Crippen LogP contribution in [0.3, 0.4) is 0 Å². The summed E-state index contributed by atoms with van der Waals surface area (Å²) in [6, 6.07) is 21.0. The van der Waals surface area contributed by atoms with Crippen LogP contribution < -0.4 is 0 Å². The van der Waals surface area contributed by atoms with Crippen LogP contribution in [-0.4, -0.2) is 4.90 Å². The van der Waals surface area contributed by atoms with Crippen LogP contribution in [0.5, 0.6) is 0 Å². The van der Waals surface area contributed by atoms with Crippen molar-refractivity contribution in [2.45, 2.75) is 6.54 Å². The van der Waals surface area contributed by atoms with E-state index in [2.05, 4.69) is 70.8 Å². The van der Waals surface area contributed by atoms with Crippen LogP contribution in [0.4, 0.5) is 0 Å². The molecule has 23 heavy (non-hydrogen) atoms. The van der Waals surface area contributed by atoms with Crippen molar-refractivity contribution in [3.8, 4) is 11.1 Å². The molecule has 3 aromatic rings. The molecular formula is C20H16NOS. The van der Waals surface area contributed by atoms with E-state index in [9.17, 15) is 0 Å². The Morgan fingerprint density at radius 3 is 2.43 bits per heavy atom. The van der Waals surface area contributed by atoms with E-state index in [0.29, 0.717) is 0 Å². The molecule has 2 nitrogen and oxygen atoms in total. The Balaban J connectivity index is 1.67. The molecule has 1 radical (unpaired) electrons. The molecule has 2 heterocycles. The average molecular weight is 318 g/mol. The van der Waals surface area contributed by atoms with Gasteiger partial charge >= 0.3 is 0 Å². The van der Waals surface area contributed by atoms with Crippen molar-refractivity contribution in [3.05, 3.63) is 95.6 Å². The molecule has 113 valence electrons. The number of benzene rings is 2. The molecule has 0 bridgehead atoms. The summed E-state index contributed by atoms with van der Waals surface area (Å²) in [6.07, 6.45) is 3.52. The summed E-state index contributed by atoms with van der Waals surface area (Å²) in [5.74, 6) is 2.18. The highest BCUT2D eigenvalue weighted by Gasteiger charge is 2.21. The second-order valence-electron chi connectivity index (χ2n) is 5.42. The van der Waals surface area contributed by atoms with Crippen LogP contribution in [0.25, 0.3) is 16.8 Å². The second-order valence-corrected chi connectivity index (χ2v) is 6.13. The summed E-state index contributed by atoms with van der Waals surface area (Å²) < 4.78 is 5.26. The van der Waals surface area contributed by atoms with Gasteiger partial charge < -0.3 is 9.32 Å². The monoisotopic (exact) mass is 318 g/mol. The molecule has 0 N–H and O–H groups in total. The number of thioether (sulfide) groups is 1. The maximum absolute atomic E-state index is 5.26. The smallest absolute Gasteiger partial charge is 0.110 e. The Morgan fingerprint density at radius 2 is 1.65 bits per heavy atom. The molecule has 0 atom stereocenters. The summed E-state index contributed by atoms with van der Waals surface area (Å²) in [5, 5.41) is 2.21. The Labute approximate surface area is 140 Å². The summed E-state index contributed by atoms with van der Waals surface area (Å²) in [4.78, 5) is 2.30. The zero-order valence-electron chi connectivity index (χ0n) is 12.6. The molecule has 0 spiro atoms. The van der Waals surface area contributed by atoms with Gasteiger partial charge in [0.1, 0.15) is 5.88 Å². The summed E-state index contributed by atoms with van der Waals surface area (Å²) in [6.45, 7) is 0.874. The van der Waals surface area contributed by atoms with Crippen LogP contribution in [0, 0.1) is 5.88 Å². The normalized spacial score (nSPS) is 14.1. The average Bonchev–Trinajstić information content (AvgIpc) is 3.27. The first-order valence-electron chi connectivity index (χ1n) is 7.53. The lowest BCUT2D eigenvalue weighted by atomic mass is 9.99. The van der Waals surface area contributed by atoms with Gasteiger partial charge in [-0.15, -0.1) is 11.8 Å². The van der Waals surface area contributed by atoms with Crippen molar-refractivity contribution < 1.29 is 4.42 Å². The number of rotatable bonds is 4. The van der Waals surface area contributed by atoms with Crippen molar-refractivity contribution in [1.82, 2.24) is 4.90 Å². The minimum absolute atomic E-state index is 0.874. The van der Waals surface area contributed by atoms with Crippen molar-refractivity contribution in [2.75, 3.05) is 0 Å². The van der Waals surface area contributed by atoms with E-state index >= 15 is 0 Å². The summed E-state index contributed by atoms with van der Waals surface area (Å²) in [5.41, 5.74) is 6.07. The fourth-order valence-electron chi connectivity index (χ4n) is 2.79. The lowest BCUT2D eigenvalue weighted by Crippen LogP contribution is -2.14. The van der Waals surface area contributed by atoms with E-state index < -0.39 is 0 Å². The Bertz CT molecular complexity index is 809. The molecule has 1 aliphatic heterocycles. The number of furan rings is 1. The molecule has 3 heteroatoms. The Kier molecular flexibility index (Phi) is 3.95. The van der Waals surface area contributed by atoms with E-state index in [4.69, 9.17) is 4.42 Å². The minimum Gasteiger partial charge on any atom is -0.472 e. The maximum atomic E-state index is 5.26. The molecule has 0 saturated heterocycles. The van der Waals surface area contributed by atoms with E-state index in [1.165, 1.54) is 22.4 Å². The predicted octanol–water partition coefficient (Wildman–Crippen LogP) is 5.61. The van der Waals surface area contributed by atoms with Crippen molar-refractivity contribution in [2.24, 2.45) is 0 Å². The van der Waals surface area contributed by atoms with E-state index in [0.717, 1.165) is 12.1 Å². The highest BCUT2D eigenvalue weighted by molar-refractivity contribution is 8.04. The molecule has 0 amide bonds. The number of nitrogens with zero attached hydrogens (tertiary/aromatic N) is 1. The van der Waals surface area contributed by atoms with Crippen molar-refractivity contribution in [3.63, 3.8) is 0 Å². The molecule has 0 unspecified atom stereocenters. The fourth-order valence-corrected chi connectivity index (χ4v) is 3.58. The van der Waals surface area contributed by atoms with Gasteiger partial charge in [-0.1, -0.05) is 54.6 Å². The van der Waals surface area contributed by atoms with E-state index in [1.54, 1.807) is 24.3 Å². The molecule has 1 aliphatic rings. The van der Waals surface area contributed by atoms with Crippen LogP contribution in [-0.2, 0) is 6.54 Å². The van der Waals surface area contributed by atoms with Gasteiger partial charge in [-0.3, -0.25) is 0 Å². The van der Waals surface area contributed by atoms with Gasteiger partial charge in [0.05, 0.1) is 18.2 Å². The van der Waals surface area contributed by atoms with Crippen LogP contribution >= 0.6 is 11.8 Å². The molecule has 0 saturated carbocycles. The third kappa shape index (κ3) is 2.92. The maximum Gasteiger partial charge on any atom is 0.110 e. The highest BCUT2D eigenvalue weighted by atomic mass is 32.2. The van der Waals surface area contributed by atoms with Gasteiger partial charge in [-0.25, -0.2) is 0 Å². The lowest BCUT2D eigenvalue weighted by Gasteiger charge is -2.23. The minimum atomic E-state index is 0.874. The zero-order valence-corrected chi connectivity index (χ0v) is 13.4. The van der Waals surface area contributed by atoms with Gasteiger partial charge in [-0.05, 0) is 22.6 Å². The van der Waals surface area contributed by atoms with Gasteiger partial charge in [0, 0.05) is 17.7 Å². The Hall–Kier alpha value is -2.39. The van der Waals surface area contributed by atoms with E-state index in [-0.39, 0.29) is 0 Å².